The SMILES string of the molecule is CNC(CCc1ccccc1)c1cnns1. The van der Waals surface area contributed by atoms with Crippen LogP contribution in [0, 0.1) is 0 Å². The number of hydrogen-bond donors (Lipinski definition) is 1. The second-order valence-corrected chi connectivity index (χ2v) is 4.50. The van der Waals surface area contributed by atoms with Crippen LogP contribution < -0.4 is 5.32 Å². The summed E-state index contributed by atoms with van der Waals surface area (Å²) >= 11 is 1.47. The summed E-state index contributed by atoms with van der Waals surface area (Å²) in [7, 11) is 1.98. The van der Waals surface area contributed by atoms with Gasteiger partial charge in [0.1, 0.15) is 0 Å². The minimum Gasteiger partial charge on any atom is -0.312 e. The number of hydrogen-bond acceptors (Lipinski definition) is 4. The van der Waals surface area contributed by atoms with E-state index in [1.54, 1.807) is 0 Å². The molecule has 0 bridgehead atoms. The van der Waals surface area contributed by atoms with Gasteiger partial charge in [0.15, 0.2) is 0 Å². The van der Waals surface area contributed by atoms with E-state index < -0.39 is 0 Å². The van der Waals surface area contributed by atoms with E-state index in [-0.39, 0.29) is 0 Å². The van der Waals surface area contributed by atoms with E-state index in [1.165, 1.54) is 22.0 Å². The number of nitrogens with one attached hydrogen (secondary N) is 1. The van der Waals surface area contributed by atoms with E-state index in [9.17, 15) is 0 Å². The largest absolute Gasteiger partial charge is 0.312 e. The van der Waals surface area contributed by atoms with E-state index in [2.05, 4.69) is 39.2 Å². The molecule has 0 saturated carbocycles. The molecular formula is C12H15N3S. The van der Waals surface area contributed by atoms with Crippen molar-refractivity contribution < 1.29 is 0 Å². The van der Waals surface area contributed by atoms with Gasteiger partial charge >= 0.3 is 0 Å². The Bertz CT molecular complexity index is 399. The van der Waals surface area contributed by atoms with Gasteiger partial charge in [-0.25, -0.2) is 0 Å². The maximum absolute atomic E-state index is 3.90. The zero-order valence-corrected chi connectivity index (χ0v) is 10.1. The Labute approximate surface area is 99.7 Å². The average Bonchev–Trinajstić information content (AvgIpc) is 2.85. The quantitative estimate of drug-likeness (QED) is 0.862. The van der Waals surface area contributed by atoms with Crippen LogP contribution in [0.3, 0.4) is 0 Å². The number of aryl methyl sites for hydroxylation is 1. The summed E-state index contributed by atoms with van der Waals surface area (Å²) in [4.78, 5) is 1.21. The predicted octanol–water partition coefficient (Wildman–Crippen LogP) is 2.43. The monoisotopic (exact) mass is 233 g/mol. The van der Waals surface area contributed by atoms with Crippen molar-refractivity contribution in [1.82, 2.24) is 14.9 Å². The average molecular weight is 233 g/mol. The molecule has 3 nitrogen and oxygen atoms in total. The van der Waals surface area contributed by atoms with Crippen molar-refractivity contribution in [3.63, 3.8) is 0 Å². The Kier molecular flexibility index (Phi) is 4.02. The third kappa shape index (κ3) is 2.87. The van der Waals surface area contributed by atoms with Crippen molar-refractivity contribution in [2.75, 3.05) is 7.05 Å². The molecule has 0 fully saturated rings. The second-order valence-electron chi connectivity index (χ2n) is 3.69. The van der Waals surface area contributed by atoms with Crippen LogP contribution in [0.5, 0.6) is 0 Å². The van der Waals surface area contributed by atoms with Gasteiger partial charge in [-0.15, -0.1) is 5.10 Å². The number of rotatable bonds is 5. The number of nitrogens with zero attached hydrogens (tertiary/aromatic N) is 2. The van der Waals surface area contributed by atoms with Crippen molar-refractivity contribution in [2.45, 2.75) is 18.9 Å². The Balaban J connectivity index is 1.94. The van der Waals surface area contributed by atoms with E-state index in [0.29, 0.717) is 6.04 Å². The van der Waals surface area contributed by atoms with Gasteiger partial charge in [-0.1, -0.05) is 34.8 Å². The molecule has 0 radical (unpaired) electrons. The van der Waals surface area contributed by atoms with Crippen molar-refractivity contribution in [3.05, 3.63) is 47.0 Å². The first-order valence-corrected chi connectivity index (χ1v) is 6.16. The summed E-state index contributed by atoms with van der Waals surface area (Å²) in [5.74, 6) is 0. The third-order valence-corrected chi connectivity index (χ3v) is 3.41. The molecule has 1 unspecified atom stereocenters. The summed E-state index contributed by atoms with van der Waals surface area (Å²) in [6, 6.07) is 10.9. The van der Waals surface area contributed by atoms with Gasteiger partial charge in [-0.05, 0) is 37.0 Å². The molecule has 1 N–H and O–H groups in total. The Morgan fingerprint density at radius 2 is 2.12 bits per heavy atom. The molecule has 84 valence electrons. The molecular weight excluding hydrogens is 218 g/mol. The number of aromatic nitrogens is 2. The van der Waals surface area contributed by atoms with Crippen LogP contribution in [-0.4, -0.2) is 16.6 Å². The first kappa shape index (κ1) is 11.2. The standard InChI is InChI=1S/C12H15N3S/c1-13-11(12-9-14-15-16-12)8-7-10-5-3-2-4-6-10/h2-6,9,11,13H,7-8H2,1H3. The highest BCUT2D eigenvalue weighted by molar-refractivity contribution is 7.05. The van der Waals surface area contributed by atoms with Gasteiger partial charge in [0.25, 0.3) is 0 Å². The fourth-order valence-electron chi connectivity index (χ4n) is 1.71. The van der Waals surface area contributed by atoms with Crippen molar-refractivity contribution in [3.8, 4) is 0 Å². The molecule has 0 aliphatic heterocycles. The van der Waals surface area contributed by atoms with Crippen LogP contribution >= 0.6 is 11.5 Å². The highest BCUT2D eigenvalue weighted by Gasteiger charge is 2.11. The lowest BCUT2D eigenvalue weighted by Gasteiger charge is -2.12. The van der Waals surface area contributed by atoms with E-state index in [4.69, 9.17) is 0 Å². The highest BCUT2D eigenvalue weighted by atomic mass is 32.1. The molecule has 1 heterocycles. The molecule has 2 aromatic rings. The topological polar surface area (TPSA) is 37.8 Å². The first-order chi connectivity index (χ1) is 7.90. The minimum atomic E-state index is 0.361. The zero-order valence-electron chi connectivity index (χ0n) is 9.26. The van der Waals surface area contributed by atoms with E-state index in [1.807, 2.05) is 19.3 Å². The first-order valence-electron chi connectivity index (χ1n) is 5.38. The van der Waals surface area contributed by atoms with Gasteiger partial charge in [0.2, 0.25) is 0 Å². The highest BCUT2D eigenvalue weighted by Crippen LogP contribution is 2.20. The van der Waals surface area contributed by atoms with Gasteiger partial charge in [-0.3, -0.25) is 0 Å². The lowest BCUT2D eigenvalue weighted by molar-refractivity contribution is 0.557. The molecule has 1 aromatic carbocycles. The lowest BCUT2D eigenvalue weighted by Crippen LogP contribution is -2.15. The van der Waals surface area contributed by atoms with Gasteiger partial charge < -0.3 is 5.32 Å². The Morgan fingerprint density at radius 3 is 2.75 bits per heavy atom. The fraction of sp³-hybridized carbons (Fsp3) is 0.333. The molecule has 1 aromatic heterocycles. The molecule has 1 atom stereocenters. The smallest absolute Gasteiger partial charge is 0.0669 e. The summed E-state index contributed by atoms with van der Waals surface area (Å²) in [6.07, 6.45) is 3.99. The van der Waals surface area contributed by atoms with Gasteiger partial charge in [0, 0.05) is 6.04 Å². The van der Waals surface area contributed by atoms with Crippen molar-refractivity contribution in [2.24, 2.45) is 0 Å². The Hall–Kier alpha value is -1.26. The van der Waals surface area contributed by atoms with Crippen LogP contribution in [0.25, 0.3) is 0 Å². The maximum atomic E-state index is 3.90. The normalized spacial score (nSPS) is 12.6. The molecule has 4 heteroatoms. The summed E-state index contributed by atoms with van der Waals surface area (Å²) in [6.45, 7) is 0. The minimum absolute atomic E-state index is 0.361. The third-order valence-electron chi connectivity index (χ3n) is 2.63. The summed E-state index contributed by atoms with van der Waals surface area (Å²) in [5, 5.41) is 7.18. The maximum Gasteiger partial charge on any atom is 0.0669 e. The molecule has 2 rings (SSSR count). The predicted molar refractivity (Wildman–Crippen MR) is 66.5 cm³/mol. The van der Waals surface area contributed by atoms with E-state index >= 15 is 0 Å². The van der Waals surface area contributed by atoms with Crippen LogP contribution in [0.1, 0.15) is 22.9 Å². The van der Waals surface area contributed by atoms with Crippen LogP contribution in [-0.2, 0) is 6.42 Å². The molecule has 0 aliphatic rings. The second kappa shape index (κ2) is 5.72. The molecule has 0 spiro atoms. The summed E-state index contributed by atoms with van der Waals surface area (Å²) < 4.78 is 3.90. The lowest BCUT2D eigenvalue weighted by atomic mass is 10.0. The number of benzene rings is 1. The van der Waals surface area contributed by atoms with Gasteiger partial charge in [-0.2, -0.15) is 0 Å². The Morgan fingerprint density at radius 1 is 1.31 bits per heavy atom. The fourth-order valence-corrected chi connectivity index (χ4v) is 2.36. The molecule has 16 heavy (non-hydrogen) atoms. The van der Waals surface area contributed by atoms with E-state index in [0.717, 1.165) is 12.8 Å². The summed E-state index contributed by atoms with van der Waals surface area (Å²) in [5.41, 5.74) is 1.38. The van der Waals surface area contributed by atoms with Gasteiger partial charge in [0.05, 0.1) is 11.1 Å². The molecule has 0 aliphatic carbocycles. The van der Waals surface area contributed by atoms with Crippen LogP contribution in [0.2, 0.25) is 0 Å². The molecule has 0 saturated heterocycles. The van der Waals surface area contributed by atoms with Crippen LogP contribution in [0.4, 0.5) is 0 Å². The van der Waals surface area contributed by atoms with Crippen molar-refractivity contribution in [1.29, 1.82) is 0 Å². The molecule has 0 amide bonds. The van der Waals surface area contributed by atoms with Crippen molar-refractivity contribution >= 4 is 11.5 Å². The zero-order chi connectivity index (χ0) is 11.2. The van der Waals surface area contributed by atoms with Crippen LogP contribution in [0.15, 0.2) is 36.5 Å².